The van der Waals surface area contributed by atoms with Crippen LogP contribution in [0.4, 0.5) is 5.00 Å². The molecule has 1 aliphatic carbocycles. The lowest BCUT2D eigenvalue weighted by molar-refractivity contribution is -0.111. The van der Waals surface area contributed by atoms with E-state index >= 15 is 0 Å². The average molecular weight is 427 g/mol. The van der Waals surface area contributed by atoms with Gasteiger partial charge in [0.15, 0.2) is 0 Å². The van der Waals surface area contributed by atoms with Crippen molar-refractivity contribution in [3.05, 3.63) is 57.5 Å². The lowest BCUT2D eigenvalue weighted by Gasteiger charge is -2.06. The SMILES string of the molecule is CCOC(=O)c1c(NC(=O)C=Cc2ccc(C(=O)NC3CC3)cc2)sc(C)c1CC. The standard InChI is InChI=1S/C23H26N2O4S/c1-4-18-14(3)30-22(20(18)23(28)29-5-2)25-19(26)13-8-15-6-9-16(10-7-15)21(27)24-17-11-12-17/h6-10,13,17H,4-5,11-12H2,1-3H3,(H,24,27)(H,25,26). The first-order valence-electron chi connectivity index (χ1n) is 10.1. The van der Waals surface area contributed by atoms with Crippen molar-refractivity contribution in [2.75, 3.05) is 11.9 Å². The van der Waals surface area contributed by atoms with Crippen molar-refractivity contribution in [2.45, 2.75) is 46.1 Å². The summed E-state index contributed by atoms with van der Waals surface area (Å²) in [6.07, 6.45) is 5.85. The number of carbonyl (C=O) groups is 3. The minimum atomic E-state index is -0.418. The van der Waals surface area contributed by atoms with Gasteiger partial charge in [-0.2, -0.15) is 0 Å². The molecule has 1 aromatic carbocycles. The number of esters is 1. The van der Waals surface area contributed by atoms with Gasteiger partial charge in [-0.15, -0.1) is 11.3 Å². The Morgan fingerprint density at radius 1 is 1.17 bits per heavy atom. The van der Waals surface area contributed by atoms with Crippen molar-refractivity contribution in [2.24, 2.45) is 0 Å². The van der Waals surface area contributed by atoms with E-state index in [1.165, 1.54) is 17.4 Å². The molecule has 3 rings (SSSR count). The van der Waals surface area contributed by atoms with Crippen LogP contribution in [0.3, 0.4) is 0 Å². The van der Waals surface area contributed by atoms with Crippen LogP contribution in [0.5, 0.6) is 0 Å². The van der Waals surface area contributed by atoms with Gasteiger partial charge < -0.3 is 15.4 Å². The molecule has 30 heavy (non-hydrogen) atoms. The predicted octanol–water partition coefficient (Wildman–Crippen LogP) is 4.34. The van der Waals surface area contributed by atoms with E-state index in [0.29, 0.717) is 28.6 Å². The second kappa shape index (κ2) is 9.71. The van der Waals surface area contributed by atoms with E-state index in [-0.39, 0.29) is 18.4 Å². The zero-order valence-electron chi connectivity index (χ0n) is 17.4. The van der Waals surface area contributed by atoms with Crippen molar-refractivity contribution in [3.63, 3.8) is 0 Å². The third-order valence-corrected chi connectivity index (χ3v) is 5.85. The zero-order chi connectivity index (χ0) is 21.7. The van der Waals surface area contributed by atoms with Gasteiger partial charge in [0.1, 0.15) is 5.00 Å². The molecule has 1 aliphatic rings. The summed E-state index contributed by atoms with van der Waals surface area (Å²) in [6, 6.07) is 7.38. The van der Waals surface area contributed by atoms with E-state index in [1.54, 1.807) is 37.3 Å². The van der Waals surface area contributed by atoms with Gasteiger partial charge in [0, 0.05) is 22.6 Å². The van der Waals surface area contributed by atoms with Gasteiger partial charge in [-0.25, -0.2) is 4.79 Å². The largest absolute Gasteiger partial charge is 0.462 e. The second-order valence-electron chi connectivity index (χ2n) is 7.11. The number of amides is 2. The highest BCUT2D eigenvalue weighted by atomic mass is 32.1. The van der Waals surface area contributed by atoms with E-state index in [2.05, 4.69) is 10.6 Å². The van der Waals surface area contributed by atoms with Crippen LogP contribution in [-0.4, -0.2) is 30.4 Å². The summed E-state index contributed by atoms with van der Waals surface area (Å²) < 4.78 is 5.16. The molecule has 7 heteroatoms. The maximum atomic E-state index is 12.4. The molecular weight excluding hydrogens is 400 g/mol. The van der Waals surface area contributed by atoms with Gasteiger partial charge >= 0.3 is 5.97 Å². The lowest BCUT2D eigenvalue weighted by atomic mass is 10.1. The monoisotopic (exact) mass is 426 g/mol. The van der Waals surface area contributed by atoms with Crippen molar-refractivity contribution in [1.82, 2.24) is 5.32 Å². The molecule has 0 atom stereocenters. The van der Waals surface area contributed by atoms with Crippen LogP contribution in [0.25, 0.3) is 6.08 Å². The molecule has 6 nitrogen and oxygen atoms in total. The Labute approximate surface area is 180 Å². The van der Waals surface area contributed by atoms with Crippen LogP contribution in [0, 0.1) is 6.92 Å². The fourth-order valence-corrected chi connectivity index (χ4v) is 4.22. The Hall–Kier alpha value is -2.93. The normalized spacial score (nSPS) is 13.3. The van der Waals surface area contributed by atoms with Crippen molar-refractivity contribution in [3.8, 4) is 0 Å². The molecular formula is C23H26N2O4S. The highest BCUT2D eigenvalue weighted by Crippen LogP contribution is 2.34. The molecule has 1 fully saturated rings. The number of nitrogens with one attached hydrogen (secondary N) is 2. The maximum Gasteiger partial charge on any atom is 0.341 e. The number of hydrogen-bond acceptors (Lipinski definition) is 5. The number of aryl methyl sites for hydroxylation is 1. The summed E-state index contributed by atoms with van der Waals surface area (Å²) >= 11 is 1.37. The Kier molecular flexibility index (Phi) is 7.05. The van der Waals surface area contributed by atoms with Crippen molar-refractivity contribution < 1.29 is 19.1 Å². The van der Waals surface area contributed by atoms with E-state index in [4.69, 9.17) is 4.74 Å². The van der Waals surface area contributed by atoms with E-state index in [9.17, 15) is 14.4 Å². The fourth-order valence-electron chi connectivity index (χ4n) is 3.08. The maximum absolute atomic E-state index is 12.4. The summed E-state index contributed by atoms with van der Waals surface area (Å²) in [5.74, 6) is -0.824. The van der Waals surface area contributed by atoms with Crippen LogP contribution < -0.4 is 10.6 Å². The van der Waals surface area contributed by atoms with Crippen molar-refractivity contribution >= 4 is 40.2 Å². The Balaban J connectivity index is 1.67. The summed E-state index contributed by atoms with van der Waals surface area (Å²) in [5, 5.41) is 6.25. The quantitative estimate of drug-likeness (QED) is 0.486. The van der Waals surface area contributed by atoms with Crippen LogP contribution in [0.2, 0.25) is 0 Å². The molecule has 1 saturated carbocycles. The number of anilines is 1. The molecule has 0 bridgehead atoms. The molecule has 1 aromatic heterocycles. The number of ether oxygens (including phenoxy) is 1. The first kappa shape index (κ1) is 21.8. The lowest BCUT2D eigenvalue weighted by Crippen LogP contribution is -2.25. The minimum Gasteiger partial charge on any atom is -0.462 e. The zero-order valence-corrected chi connectivity index (χ0v) is 18.2. The summed E-state index contributed by atoms with van der Waals surface area (Å²) in [6.45, 7) is 5.93. The molecule has 2 N–H and O–H groups in total. The van der Waals surface area contributed by atoms with E-state index < -0.39 is 5.97 Å². The fraction of sp³-hybridized carbons (Fsp3) is 0.348. The number of thiophene rings is 1. The van der Waals surface area contributed by atoms with Gasteiger partial charge in [0.2, 0.25) is 5.91 Å². The Morgan fingerprint density at radius 2 is 1.87 bits per heavy atom. The number of hydrogen-bond donors (Lipinski definition) is 2. The predicted molar refractivity (Wildman–Crippen MR) is 119 cm³/mol. The first-order chi connectivity index (χ1) is 14.4. The summed E-state index contributed by atoms with van der Waals surface area (Å²) in [4.78, 5) is 37.8. The third kappa shape index (κ3) is 5.36. The van der Waals surface area contributed by atoms with Crippen molar-refractivity contribution in [1.29, 1.82) is 0 Å². The Morgan fingerprint density at radius 3 is 2.47 bits per heavy atom. The minimum absolute atomic E-state index is 0.0722. The third-order valence-electron chi connectivity index (χ3n) is 4.79. The van der Waals surface area contributed by atoms with Crippen LogP contribution in [0.15, 0.2) is 30.3 Å². The highest BCUT2D eigenvalue weighted by Gasteiger charge is 2.24. The average Bonchev–Trinajstić information content (AvgIpc) is 3.48. The topological polar surface area (TPSA) is 84.5 Å². The number of benzene rings is 1. The van der Waals surface area contributed by atoms with Gasteiger partial charge in [0.25, 0.3) is 5.91 Å². The van der Waals surface area contributed by atoms with Gasteiger partial charge in [-0.05, 0) is 62.4 Å². The van der Waals surface area contributed by atoms with Crippen LogP contribution >= 0.6 is 11.3 Å². The second-order valence-corrected chi connectivity index (χ2v) is 8.33. The van der Waals surface area contributed by atoms with E-state index in [1.807, 2.05) is 13.8 Å². The van der Waals surface area contributed by atoms with E-state index in [0.717, 1.165) is 28.8 Å². The molecule has 0 saturated heterocycles. The number of carbonyl (C=O) groups excluding carboxylic acids is 3. The molecule has 1 heterocycles. The molecule has 0 unspecified atom stereocenters. The van der Waals surface area contributed by atoms with Crippen LogP contribution in [-0.2, 0) is 16.0 Å². The summed E-state index contributed by atoms with van der Waals surface area (Å²) in [5.41, 5.74) is 2.74. The highest BCUT2D eigenvalue weighted by molar-refractivity contribution is 7.16. The molecule has 2 amide bonds. The first-order valence-corrected chi connectivity index (χ1v) is 10.9. The van der Waals surface area contributed by atoms with Gasteiger partial charge in [-0.1, -0.05) is 19.1 Å². The Bertz CT molecular complexity index is 972. The molecule has 0 aliphatic heterocycles. The number of rotatable bonds is 8. The smallest absolute Gasteiger partial charge is 0.341 e. The molecule has 0 spiro atoms. The molecule has 2 aromatic rings. The van der Waals surface area contributed by atoms with Gasteiger partial charge in [0.05, 0.1) is 12.2 Å². The van der Waals surface area contributed by atoms with Crippen LogP contribution in [0.1, 0.15) is 63.4 Å². The van der Waals surface area contributed by atoms with Gasteiger partial charge in [-0.3, -0.25) is 9.59 Å². The molecule has 0 radical (unpaired) electrons. The molecule has 158 valence electrons. The summed E-state index contributed by atoms with van der Waals surface area (Å²) in [7, 11) is 0.